The molecule has 2 aromatic heterocycles. The fraction of sp³-hybridized carbons (Fsp3) is 0.385. The molecule has 166 valence electrons. The number of nitrogens with one attached hydrogen (secondary N) is 1. The Kier molecular flexibility index (Phi) is 6.12. The van der Waals surface area contributed by atoms with Crippen molar-refractivity contribution in [1.29, 1.82) is 0 Å². The maximum atomic E-state index is 6.46. The number of aromatic nitrogens is 1. The molecule has 3 aromatic rings. The van der Waals surface area contributed by atoms with Crippen LogP contribution in [-0.2, 0) is 0 Å². The van der Waals surface area contributed by atoms with Gasteiger partial charge in [0.15, 0.2) is 5.11 Å². The van der Waals surface area contributed by atoms with E-state index in [0.29, 0.717) is 12.6 Å². The molecule has 1 saturated carbocycles. The summed E-state index contributed by atoms with van der Waals surface area (Å²) in [7, 11) is 0. The standard InChI is InChI=1S/C26H29N3O2S/c1-2-30-20-13-11-18(12-14-20)22-15-16-23(31-22)25-24(21-10-6-7-17-27-21)28-26(32)29(25)19-8-4-3-5-9-19/h6-7,10-17,19,24-25H,2-5,8-9H2,1H3,(H,28,32)/t24-,25+/m0/s1. The third-order valence-electron chi connectivity index (χ3n) is 6.47. The summed E-state index contributed by atoms with van der Waals surface area (Å²) < 4.78 is 12.0. The van der Waals surface area contributed by atoms with Gasteiger partial charge in [0.2, 0.25) is 0 Å². The largest absolute Gasteiger partial charge is 0.494 e. The number of pyridine rings is 1. The number of ether oxygens (including phenoxy) is 1. The summed E-state index contributed by atoms with van der Waals surface area (Å²) in [6.45, 7) is 2.65. The summed E-state index contributed by atoms with van der Waals surface area (Å²) in [5.41, 5.74) is 2.02. The van der Waals surface area contributed by atoms with E-state index in [0.717, 1.165) is 33.6 Å². The van der Waals surface area contributed by atoms with E-state index in [1.54, 1.807) is 0 Å². The van der Waals surface area contributed by atoms with Crippen LogP contribution in [0.3, 0.4) is 0 Å². The normalized spacial score (nSPS) is 21.5. The second-order valence-electron chi connectivity index (χ2n) is 8.49. The van der Waals surface area contributed by atoms with E-state index < -0.39 is 0 Å². The van der Waals surface area contributed by atoms with Crippen LogP contribution < -0.4 is 10.1 Å². The van der Waals surface area contributed by atoms with Crippen LogP contribution in [0.2, 0.25) is 0 Å². The van der Waals surface area contributed by atoms with E-state index in [1.807, 2.05) is 49.5 Å². The van der Waals surface area contributed by atoms with Gasteiger partial charge in [0.05, 0.1) is 18.3 Å². The summed E-state index contributed by atoms with van der Waals surface area (Å²) in [6.07, 6.45) is 7.98. The zero-order valence-corrected chi connectivity index (χ0v) is 19.2. The van der Waals surface area contributed by atoms with Gasteiger partial charge in [-0.05, 0) is 80.5 Å². The van der Waals surface area contributed by atoms with Crippen LogP contribution in [0, 0.1) is 0 Å². The highest BCUT2D eigenvalue weighted by molar-refractivity contribution is 7.80. The molecule has 0 bridgehead atoms. The molecule has 6 heteroatoms. The predicted molar refractivity (Wildman–Crippen MR) is 129 cm³/mol. The molecule has 3 heterocycles. The second kappa shape index (κ2) is 9.33. The van der Waals surface area contributed by atoms with E-state index in [-0.39, 0.29) is 12.1 Å². The van der Waals surface area contributed by atoms with Crippen LogP contribution in [0.5, 0.6) is 5.75 Å². The van der Waals surface area contributed by atoms with Crippen molar-refractivity contribution in [2.24, 2.45) is 0 Å². The first-order valence-corrected chi connectivity index (χ1v) is 12.0. The van der Waals surface area contributed by atoms with Crippen molar-refractivity contribution in [2.45, 2.75) is 57.2 Å². The maximum Gasteiger partial charge on any atom is 0.170 e. The van der Waals surface area contributed by atoms with Gasteiger partial charge in [-0.2, -0.15) is 0 Å². The number of thiocarbonyl (C=S) groups is 1. The fourth-order valence-corrected chi connectivity index (χ4v) is 5.36. The number of nitrogens with zero attached hydrogens (tertiary/aromatic N) is 2. The molecular formula is C26H29N3O2S. The molecule has 1 aliphatic heterocycles. The van der Waals surface area contributed by atoms with E-state index in [9.17, 15) is 0 Å². The Bertz CT molecular complexity index is 1040. The van der Waals surface area contributed by atoms with Gasteiger partial charge in [0, 0.05) is 17.8 Å². The first kappa shape index (κ1) is 21.0. The summed E-state index contributed by atoms with van der Waals surface area (Å²) in [5.74, 6) is 2.64. The number of hydrogen-bond acceptors (Lipinski definition) is 4. The van der Waals surface area contributed by atoms with Gasteiger partial charge in [0.25, 0.3) is 0 Å². The zero-order valence-electron chi connectivity index (χ0n) is 18.4. The molecule has 2 aliphatic rings. The van der Waals surface area contributed by atoms with Crippen LogP contribution in [0.25, 0.3) is 11.3 Å². The molecule has 0 unspecified atom stereocenters. The van der Waals surface area contributed by atoms with Crippen LogP contribution in [0.15, 0.2) is 65.2 Å². The van der Waals surface area contributed by atoms with Crippen molar-refractivity contribution < 1.29 is 9.15 Å². The molecule has 1 N–H and O–H groups in total. The quantitative estimate of drug-likeness (QED) is 0.465. The minimum atomic E-state index is -0.0371. The number of hydrogen-bond donors (Lipinski definition) is 1. The molecule has 2 fully saturated rings. The predicted octanol–water partition coefficient (Wildman–Crippen LogP) is 6.05. The minimum Gasteiger partial charge on any atom is -0.494 e. The molecule has 1 aromatic carbocycles. The average Bonchev–Trinajstić information content (AvgIpc) is 3.45. The van der Waals surface area contributed by atoms with Gasteiger partial charge in [-0.25, -0.2) is 0 Å². The Hall–Kier alpha value is -2.86. The Balaban J connectivity index is 1.49. The second-order valence-corrected chi connectivity index (χ2v) is 8.87. The first-order chi connectivity index (χ1) is 15.7. The highest BCUT2D eigenvalue weighted by Gasteiger charge is 2.44. The molecule has 32 heavy (non-hydrogen) atoms. The SMILES string of the molecule is CCOc1ccc(-c2ccc([C@@H]3[C@H](c4ccccn4)NC(=S)N3C3CCCCC3)o2)cc1. The lowest BCUT2D eigenvalue weighted by Gasteiger charge is -2.36. The van der Waals surface area contributed by atoms with Crippen molar-refractivity contribution in [3.05, 3.63) is 72.2 Å². The summed E-state index contributed by atoms with van der Waals surface area (Å²) >= 11 is 5.85. The Labute approximate surface area is 194 Å². The van der Waals surface area contributed by atoms with Gasteiger partial charge < -0.3 is 19.4 Å². The lowest BCUT2D eigenvalue weighted by atomic mass is 9.92. The van der Waals surface area contributed by atoms with Gasteiger partial charge in [-0.3, -0.25) is 4.98 Å². The van der Waals surface area contributed by atoms with Gasteiger partial charge in [0.1, 0.15) is 23.3 Å². The van der Waals surface area contributed by atoms with Gasteiger partial charge in [-0.15, -0.1) is 0 Å². The summed E-state index contributed by atoms with van der Waals surface area (Å²) in [6, 6.07) is 18.6. The van der Waals surface area contributed by atoms with E-state index in [2.05, 4.69) is 33.4 Å². The number of benzene rings is 1. The van der Waals surface area contributed by atoms with E-state index in [1.165, 1.54) is 32.1 Å². The fourth-order valence-electron chi connectivity index (χ4n) is 4.97. The van der Waals surface area contributed by atoms with Crippen LogP contribution in [-0.4, -0.2) is 27.6 Å². The average molecular weight is 448 g/mol. The molecule has 0 spiro atoms. The topological polar surface area (TPSA) is 50.5 Å². The lowest BCUT2D eigenvalue weighted by molar-refractivity contribution is 0.179. The van der Waals surface area contributed by atoms with Crippen LogP contribution in [0.4, 0.5) is 0 Å². The first-order valence-electron chi connectivity index (χ1n) is 11.6. The number of rotatable bonds is 6. The van der Waals surface area contributed by atoms with Crippen molar-refractivity contribution in [3.8, 4) is 17.1 Å². The molecule has 0 amide bonds. The minimum absolute atomic E-state index is 0.0167. The zero-order chi connectivity index (χ0) is 21.9. The highest BCUT2D eigenvalue weighted by atomic mass is 32.1. The Morgan fingerprint density at radius 3 is 2.59 bits per heavy atom. The van der Waals surface area contributed by atoms with Crippen molar-refractivity contribution >= 4 is 17.3 Å². The molecular weight excluding hydrogens is 418 g/mol. The molecule has 1 saturated heterocycles. The van der Waals surface area contributed by atoms with Crippen molar-refractivity contribution in [1.82, 2.24) is 15.2 Å². The summed E-state index contributed by atoms with van der Waals surface area (Å²) in [4.78, 5) is 7.02. The van der Waals surface area contributed by atoms with Crippen LogP contribution >= 0.6 is 12.2 Å². The maximum absolute atomic E-state index is 6.46. The molecule has 5 rings (SSSR count). The Morgan fingerprint density at radius 1 is 1.06 bits per heavy atom. The molecule has 0 radical (unpaired) electrons. The molecule has 1 aliphatic carbocycles. The highest BCUT2D eigenvalue weighted by Crippen LogP contribution is 2.43. The van der Waals surface area contributed by atoms with E-state index in [4.69, 9.17) is 21.4 Å². The monoisotopic (exact) mass is 447 g/mol. The number of furan rings is 1. The Morgan fingerprint density at radius 2 is 1.88 bits per heavy atom. The molecule has 5 nitrogen and oxygen atoms in total. The van der Waals surface area contributed by atoms with Gasteiger partial charge >= 0.3 is 0 Å². The smallest absolute Gasteiger partial charge is 0.170 e. The van der Waals surface area contributed by atoms with Crippen molar-refractivity contribution in [2.75, 3.05) is 6.61 Å². The van der Waals surface area contributed by atoms with Crippen LogP contribution in [0.1, 0.15) is 62.6 Å². The summed E-state index contributed by atoms with van der Waals surface area (Å²) in [5, 5.41) is 4.36. The molecule has 2 atom stereocenters. The third-order valence-corrected chi connectivity index (χ3v) is 6.80. The van der Waals surface area contributed by atoms with E-state index >= 15 is 0 Å². The lowest BCUT2D eigenvalue weighted by Crippen LogP contribution is -2.40. The third kappa shape index (κ3) is 4.11. The van der Waals surface area contributed by atoms with Gasteiger partial charge in [-0.1, -0.05) is 25.3 Å². The van der Waals surface area contributed by atoms with Crippen molar-refractivity contribution in [3.63, 3.8) is 0 Å².